The van der Waals surface area contributed by atoms with Gasteiger partial charge in [0.05, 0.1) is 0 Å². The fourth-order valence-corrected chi connectivity index (χ4v) is 1.71. The predicted molar refractivity (Wildman–Crippen MR) is 76.5 cm³/mol. The number of carbonyl (C=O) groups is 1. The molecule has 0 aromatic carbocycles. The molecule has 0 unspecified atom stereocenters. The lowest BCUT2D eigenvalue weighted by atomic mass is 10.2. The standard InChI is InChI=1S/C14H23N3O2/c1-3-15-12-7-9-16-13(11-12)14(18)17-8-5-4-6-10-19-2/h7,9,11H,3-6,8,10H2,1-2H3,(H,15,16)(H,17,18). The number of anilines is 1. The Balaban J connectivity index is 2.30. The summed E-state index contributed by atoms with van der Waals surface area (Å²) in [6, 6.07) is 3.62. The van der Waals surface area contributed by atoms with Gasteiger partial charge in [0.1, 0.15) is 5.69 Å². The van der Waals surface area contributed by atoms with E-state index in [0.29, 0.717) is 12.2 Å². The van der Waals surface area contributed by atoms with Gasteiger partial charge in [-0.3, -0.25) is 9.78 Å². The summed E-state index contributed by atoms with van der Waals surface area (Å²) in [5.41, 5.74) is 1.37. The second-order valence-corrected chi connectivity index (χ2v) is 4.27. The molecule has 0 fully saturated rings. The third-order valence-corrected chi connectivity index (χ3v) is 2.68. The summed E-state index contributed by atoms with van der Waals surface area (Å²) in [7, 11) is 1.70. The van der Waals surface area contributed by atoms with Crippen molar-refractivity contribution >= 4 is 11.6 Å². The number of rotatable bonds is 9. The van der Waals surface area contributed by atoms with Gasteiger partial charge in [0.2, 0.25) is 0 Å². The van der Waals surface area contributed by atoms with Crippen molar-refractivity contribution in [1.82, 2.24) is 10.3 Å². The molecule has 0 radical (unpaired) electrons. The van der Waals surface area contributed by atoms with Crippen LogP contribution in [0.3, 0.4) is 0 Å². The zero-order chi connectivity index (χ0) is 13.9. The lowest BCUT2D eigenvalue weighted by Crippen LogP contribution is -2.25. The molecule has 0 aliphatic carbocycles. The molecule has 5 heteroatoms. The van der Waals surface area contributed by atoms with Crippen LogP contribution in [0.2, 0.25) is 0 Å². The maximum absolute atomic E-state index is 11.9. The predicted octanol–water partition coefficient (Wildman–Crippen LogP) is 2.06. The molecule has 1 rings (SSSR count). The zero-order valence-electron chi connectivity index (χ0n) is 11.7. The maximum atomic E-state index is 11.9. The molecule has 19 heavy (non-hydrogen) atoms. The highest BCUT2D eigenvalue weighted by Crippen LogP contribution is 2.07. The Hall–Kier alpha value is -1.62. The van der Waals surface area contributed by atoms with Crippen molar-refractivity contribution < 1.29 is 9.53 Å². The summed E-state index contributed by atoms with van der Waals surface area (Å²) in [5.74, 6) is -0.119. The lowest BCUT2D eigenvalue weighted by Gasteiger charge is -2.07. The van der Waals surface area contributed by atoms with E-state index >= 15 is 0 Å². The molecule has 0 saturated carbocycles. The van der Waals surface area contributed by atoms with E-state index in [1.165, 1.54) is 0 Å². The van der Waals surface area contributed by atoms with Crippen LogP contribution in [-0.4, -0.2) is 37.7 Å². The minimum atomic E-state index is -0.119. The first-order valence-corrected chi connectivity index (χ1v) is 6.75. The number of nitrogens with one attached hydrogen (secondary N) is 2. The van der Waals surface area contributed by atoms with Crippen LogP contribution < -0.4 is 10.6 Å². The van der Waals surface area contributed by atoms with Crippen LogP contribution in [0.4, 0.5) is 5.69 Å². The van der Waals surface area contributed by atoms with Crippen LogP contribution in [0.25, 0.3) is 0 Å². The van der Waals surface area contributed by atoms with E-state index in [-0.39, 0.29) is 5.91 Å². The highest BCUT2D eigenvalue weighted by atomic mass is 16.5. The van der Waals surface area contributed by atoms with E-state index < -0.39 is 0 Å². The number of hydrogen-bond acceptors (Lipinski definition) is 4. The Morgan fingerprint density at radius 1 is 1.37 bits per heavy atom. The molecule has 106 valence electrons. The molecule has 1 amide bonds. The van der Waals surface area contributed by atoms with Crippen LogP contribution in [0.15, 0.2) is 18.3 Å². The number of hydrogen-bond donors (Lipinski definition) is 2. The van der Waals surface area contributed by atoms with E-state index in [1.807, 2.05) is 13.0 Å². The largest absolute Gasteiger partial charge is 0.385 e. The summed E-state index contributed by atoms with van der Waals surface area (Å²) < 4.78 is 4.97. The maximum Gasteiger partial charge on any atom is 0.269 e. The minimum absolute atomic E-state index is 0.119. The number of nitrogens with zero attached hydrogens (tertiary/aromatic N) is 1. The molecule has 0 saturated heterocycles. The van der Waals surface area contributed by atoms with Gasteiger partial charge < -0.3 is 15.4 Å². The SMILES string of the molecule is CCNc1ccnc(C(=O)NCCCCCOC)c1. The van der Waals surface area contributed by atoms with Crippen molar-refractivity contribution in [3.8, 4) is 0 Å². The van der Waals surface area contributed by atoms with Crippen molar-refractivity contribution in [1.29, 1.82) is 0 Å². The summed E-state index contributed by atoms with van der Waals surface area (Å²) in [6.07, 6.45) is 4.69. The molecule has 0 spiro atoms. The topological polar surface area (TPSA) is 63.2 Å². The van der Waals surface area contributed by atoms with Crippen LogP contribution in [0, 0.1) is 0 Å². The number of amides is 1. The zero-order valence-corrected chi connectivity index (χ0v) is 11.7. The number of pyridine rings is 1. The Labute approximate surface area is 114 Å². The van der Waals surface area contributed by atoms with Gasteiger partial charge in [-0.15, -0.1) is 0 Å². The Morgan fingerprint density at radius 3 is 2.95 bits per heavy atom. The smallest absolute Gasteiger partial charge is 0.269 e. The molecule has 1 aromatic rings. The average Bonchev–Trinajstić information content (AvgIpc) is 2.43. The molecule has 0 atom stereocenters. The summed E-state index contributed by atoms with van der Waals surface area (Å²) in [5, 5.41) is 6.03. The molecule has 1 heterocycles. The Kier molecular flexibility index (Phi) is 7.58. The molecule has 2 N–H and O–H groups in total. The number of carbonyl (C=O) groups excluding carboxylic acids is 1. The number of ether oxygens (including phenoxy) is 1. The number of unbranched alkanes of at least 4 members (excludes halogenated alkanes) is 2. The van der Waals surface area contributed by atoms with Crippen molar-refractivity contribution in [2.75, 3.05) is 32.1 Å². The van der Waals surface area contributed by atoms with Gasteiger partial charge in [-0.2, -0.15) is 0 Å². The lowest BCUT2D eigenvalue weighted by molar-refractivity contribution is 0.0947. The van der Waals surface area contributed by atoms with Gasteiger partial charge >= 0.3 is 0 Å². The summed E-state index contributed by atoms with van der Waals surface area (Å²) in [6.45, 7) is 4.29. The van der Waals surface area contributed by atoms with Gasteiger partial charge in [0.15, 0.2) is 0 Å². The monoisotopic (exact) mass is 265 g/mol. The van der Waals surface area contributed by atoms with Crippen molar-refractivity contribution in [3.63, 3.8) is 0 Å². The highest BCUT2D eigenvalue weighted by Gasteiger charge is 2.06. The quantitative estimate of drug-likeness (QED) is 0.671. The van der Waals surface area contributed by atoms with Crippen LogP contribution in [0.1, 0.15) is 36.7 Å². The van der Waals surface area contributed by atoms with Gasteiger partial charge in [-0.25, -0.2) is 0 Å². The van der Waals surface area contributed by atoms with E-state index in [4.69, 9.17) is 4.74 Å². The van der Waals surface area contributed by atoms with Crippen LogP contribution in [0.5, 0.6) is 0 Å². The normalized spacial score (nSPS) is 10.2. The fraction of sp³-hybridized carbons (Fsp3) is 0.571. The second kappa shape index (κ2) is 9.33. The Bertz CT molecular complexity index is 383. The van der Waals surface area contributed by atoms with Crippen LogP contribution >= 0.6 is 0 Å². The number of aromatic nitrogens is 1. The molecule has 0 aliphatic heterocycles. The van der Waals surface area contributed by atoms with Gasteiger partial charge in [-0.05, 0) is 38.3 Å². The van der Waals surface area contributed by atoms with Crippen molar-refractivity contribution in [3.05, 3.63) is 24.0 Å². The highest BCUT2D eigenvalue weighted by molar-refractivity contribution is 5.93. The van der Waals surface area contributed by atoms with Crippen molar-refractivity contribution in [2.45, 2.75) is 26.2 Å². The van der Waals surface area contributed by atoms with E-state index in [9.17, 15) is 4.79 Å². The third kappa shape index (κ3) is 6.20. The van der Waals surface area contributed by atoms with Gasteiger partial charge in [0.25, 0.3) is 5.91 Å². The van der Waals surface area contributed by atoms with E-state index in [2.05, 4.69) is 15.6 Å². The molecular weight excluding hydrogens is 242 g/mol. The Morgan fingerprint density at radius 2 is 2.21 bits per heavy atom. The van der Waals surface area contributed by atoms with Crippen molar-refractivity contribution in [2.24, 2.45) is 0 Å². The first kappa shape index (κ1) is 15.4. The molecule has 1 aromatic heterocycles. The first-order valence-electron chi connectivity index (χ1n) is 6.75. The third-order valence-electron chi connectivity index (χ3n) is 2.68. The van der Waals surface area contributed by atoms with Gasteiger partial charge in [0, 0.05) is 38.7 Å². The fourth-order valence-electron chi connectivity index (χ4n) is 1.71. The summed E-state index contributed by atoms with van der Waals surface area (Å²) >= 11 is 0. The number of methoxy groups -OCH3 is 1. The second-order valence-electron chi connectivity index (χ2n) is 4.27. The average molecular weight is 265 g/mol. The van der Waals surface area contributed by atoms with E-state index in [0.717, 1.165) is 38.1 Å². The first-order chi connectivity index (χ1) is 9.27. The molecule has 0 aliphatic rings. The molecule has 0 bridgehead atoms. The van der Waals surface area contributed by atoms with Gasteiger partial charge in [-0.1, -0.05) is 0 Å². The molecular formula is C14H23N3O2. The minimum Gasteiger partial charge on any atom is -0.385 e. The molecule has 5 nitrogen and oxygen atoms in total. The van der Waals surface area contributed by atoms with Crippen LogP contribution in [-0.2, 0) is 4.74 Å². The summed E-state index contributed by atoms with van der Waals surface area (Å²) in [4.78, 5) is 15.9. The van der Waals surface area contributed by atoms with E-state index in [1.54, 1.807) is 19.4 Å².